The highest BCUT2D eigenvalue weighted by Crippen LogP contribution is 2.56. The minimum absolute atomic E-state index is 0.00301. The lowest BCUT2D eigenvalue weighted by Gasteiger charge is -2.53. The van der Waals surface area contributed by atoms with Crippen molar-refractivity contribution in [3.05, 3.63) is 48.8 Å². The number of quaternary nitrogens is 1. The molecule has 0 unspecified atom stereocenters. The van der Waals surface area contributed by atoms with E-state index in [1.54, 1.807) is 0 Å². The Bertz CT molecular complexity index is 947. The normalized spacial score (nSPS) is 28.7. The molecule has 0 aliphatic heterocycles. The van der Waals surface area contributed by atoms with Gasteiger partial charge in [0.05, 0.1) is 12.1 Å². The summed E-state index contributed by atoms with van der Waals surface area (Å²) in [5, 5.41) is 15.8. The summed E-state index contributed by atoms with van der Waals surface area (Å²) in [5.41, 5.74) is -2.61. The number of Topliss-reactive ketones (excluding diaryl/α,β-unsaturated/α-hetero) is 3. The van der Waals surface area contributed by atoms with Crippen molar-refractivity contribution in [1.82, 2.24) is 0 Å². The zero-order valence-corrected chi connectivity index (χ0v) is 23.8. The zero-order chi connectivity index (χ0) is 27.9. The van der Waals surface area contributed by atoms with E-state index >= 15 is 0 Å². The van der Waals surface area contributed by atoms with Gasteiger partial charge in [0.25, 0.3) is 0 Å². The van der Waals surface area contributed by atoms with Crippen LogP contribution >= 0.6 is 0 Å². The first kappa shape index (κ1) is 30.3. The monoisotopic (exact) mass is 523 g/mol. The Hall–Kier alpha value is -2.27. The Labute approximate surface area is 229 Å². The first-order valence-corrected chi connectivity index (χ1v) is 14.9. The van der Waals surface area contributed by atoms with Gasteiger partial charge in [0.15, 0.2) is 22.8 Å². The lowest BCUT2D eigenvalue weighted by molar-refractivity contribution is -0.725. The average molecular weight is 524 g/mol. The largest absolute Gasteiger partial charge is 0.874 e. The van der Waals surface area contributed by atoms with Gasteiger partial charge in [0, 0.05) is 11.8 Å². The molecule has 4 aliphatic carbocycles. The molecule has 3 fully saturated rings. The van der Waals surface area contributed by atoms with Crippen molar-refractivity contribution >= 4 is 17.3 Å². The molecule has 4 aliphatic rings. The van der Waals surface area contributed by atoms with Crippen LogP contribution < -0.4 is 10.4 Å². The summed E-state index contributed by atoms with van der Waals surface area (Å²) in [5.74, 6) is -2.08. The van der Waals surface area contributed by atoms with Crippen molar-refractivity contribution in [2.75, 3.05) is 0 Å². The number of carbonyl (C=O) groups is 3. The standard InChI is InChI=1S/C21H26O4.C12H23N/c1-6-8-15-17(23)20(9-7-2)11-14(5)12-21(18(15)24,19(20)25)16(22)10-13(3)4;1-3-7-11(8-4-1)13-12-9-5-2-6-10-12/h6-7,13,23H,1-2,5,8-12H2,3-4H3;11-13H,1-10H2/t20-,21-;/m0./s1. The van der Waals surface area contributed by atoms with Crippen molar-refractivity contribution in [3.63, 3.8) is 0 Å². The summed E-state index contributed by atoms with van der Waals surface area (Å²) in [6, 6.07) is 1.99. The third kappa shape index (κ3) is 6.14. The molecule has 38 heavy (non-hydrogen) atoms. The Kier molecular flexibility index (Phi) is 10.5. The molecule has 2 N–H and O–H groups in total. The fourth-order valence-electron chi connectivity index (χ4n) is 7.22. The van der Waals surface area contributed by atoms with Gasteiger partial charge >= 0.3 is 0 Å². The average Bonchev–Trinajstić information content (AvgIpc) is 2.89. The quantitative estimate of drug-likeness (QED) is 0.338. The molecular weight excluding hydrogens is 474 g/mol. The fraction of sp³-hybridized carbons (Fsp3) is 0.667. The lowest BCUT2D eigenvalue weighted by atomic mass is 9.49. The van der Waals surface area contributed by atoms with Crippen LogP contribution in [0.2, 0.25) is 0 Å². The van der Waals surface area contributed by atoms with E-state index in [9.17, 15) is 19.5 Å². The highest BCUT2D eigenvalue weighted by Gasteiger charge is 2.64. The summed E-state index contributed by atoms with van der Waals surface area (Å²) in [6.07, 6.45) is 18.4. The molecule has 210 valence electrons. The predicted molar refractivity (Wildman–Crippen MR) is 150 cm³/mol. The summed E-state index contributed by atoms with van der Waals surface area (Å²) in [4.78, 5) is 39.6. The number of ketones is 3. The molecule has 0 aromatic heterocycles. The van der Waals surface area contributed by atoms with E-state index < -0.39 is 33.9 Å². The second-order valence-electron chi connectivity index (χ2n) is 12.6. The molecule has 3 saturated carbocycles. The second-order valence-corrected chi connectivity index (χ2v) is 12.6. The van der Waals surface area contributed by atoms with Crippen LogP contribution in [0.3, 0.4) is 0 Å². The van der Waals surface area contributed by atoms with Gasteiger partial charge in [0.2, 0.25) is 0 Å². The second kappa shape index (κ2) is 13.2. The topological polar surface area (TPSA) is 90.9 Å². The molecule has 0 aromatic carbocycles. The van der Waals surface area contributed by atoms with E-state index in [1.165, 1.54) is 76.4 Å². The maximum atomic E-state index is 13.4. The van der Waals surface area contributed by atoms with Crippen LogP contribution in [0.15, 0.2) is 48.8 Å². The number of rotatable bonds is 9. The van der Waals surface area contributed by atoms with Gasteiger partial charge in [-0.25, -0.2) is 0 Å². The smallest absolute Gasteiger partial charge is 0.179 e. The van der Waals surface area contributed by atoms with Gasteiger partial charge in [-0.1, -0.05) is 51.0 Å². The van der Waals surface area contributed by atoms with Crippen LogP contribution in [0, 0.1) is 16.7 Å². The first-order chi connectivity index (χ1) is 18.1. The molecule has 4 rings (SSSR count). The molecule has 2 atom stereocenters. The number of hydrogen-bond donors (Lipinski definition) is 1. The maximum absolute atomic E-state index is 13.4. The summed E-state index contributed by atoms with van der Waals surface area (Å²) in [6.45, 7) is 14.9. The molecular formula is C33H49NO4. The van der Waals surface area contributed by atoms with Crippen LogP contribution in [0.4, 0.5) is 0 Å². The number of hydrogen-bond acceptors (Lipinski definition) is 4. The van der Waals surface area contributed by atoms with Crippen molar-refractivity contribution in [2.24, 2.45) is 16.7 Å². The van der Waals surface area contributed by atoms with E-state index in [4.69, 9.17) is 0 Å². The Morgan fingerprint density at radius 2 is 1.53 bits per heavy atom. The van der Waals surface area contributed by atoms with Crippen LogP contribution in [-0.2, 0) is 14.4 Å². The van der Waals surface area contributed by atoms with Gasteiger partial charge in [-0.3, -0.25) is 14.4 Å². The van der Waals surface area contributed by atoms with Gasteiger partial charge < -0.3 is 10.4 Å². The summed E-state index contributed by atoms with van der Waals surface area (Å²) >= 11 is 0. The summed E-state index contributed by atoms with van der Waals surface area (Å²) in [7, 11) is 0. The number of nitrogens with two attached hydrogens (primary N) is 1. The molecule has 0 aromatic rings. The van der Waals surface area contributed by atoms with E-state index in [-0.39, 0.29) is 43.6 Å². The first-order valence-electron chi connectivity index (χ1n) is 14.9. The van der Waals surface area contributed by atoms with Crippen LogP contribution in [0.1, 0.15) is 110 Å². The van der Waals surface area contributed by atoms with Crippen molar-refractivity contribution in [3.8, 4) is 0 Å². The third-order valence-electron chi connectivity index (χ3n) is 9.01. The Balaban J connectivity index is 0.000000256. The number of allylic oxidation sites excluding steroid dienone is 5. The van der Waals surface area contributed by atoms with E-state index in [2.05, 4.69) is 25.1 Å². The Morgan fingerprint density at radius 3 is 2.00 bits per heavy atom. The fourth-order valence-corrected chi connectivity index (χ4v) is 7.22. The molecule has 0 saturated heterocycles. The van der Waals surface area contributed by atoms with Crippen molar-refractivity contribution in [1.29, 1.82) is 0 Å². The van der Waals surface area contributed by atoms with Crippen LogP contribution in [0.5, 0.6) is 0 Å². The van der Waals surface area contributed by atoms with E-state index in [0.717, 1.165) is 12.1 Å². The minimum Gasteiger partial charge on any atom is -0.874 e. The summed E-state index contributed by atoms with van der Waals surface area (Å²) < 4.78 is 0. The Morgan fingerprint density at radius 1 is 0.974 bits per heavy atom. The minimum atomic E-state index is -1.80. The highest BCUT2D eigenvalue weighted by molar-refractivity contribution is 6.32. The zero-order valence-electron chi connectivity index (χ0n) is 23.8. The van der Waals surface area contributed by atoms with E-state index in [0.29, 0.717) is 5.57 Å². The maximum Gasteiger partial charge on any atom is 0.179 e. The molecule has 0 spiro atoms. The highest BCUT2D eigenvalue weighted by atomic mass is 16.3. The van der Waals surface area contributed by atoms with Crippen molar-refractivity contribution < 1.29 is 24.8 Å². The van der Waals surface area contributed by atoms with E-state index in [1.807, 2.05) is 13.8 Å². The number of fused-ring (bicyclic) bond motifs is 2. The lowest BCUT2D eigenvalue weighted by Crippen LogP contribution is -2.95. The van der Waals surface area contributed by atoms with Crippen molar-refractivity contribution in [2.45, 2.75) is 122 Å². The third-order valence-corrected chi connectivity index (χ3v) is 9.01. The van der Waals surface area contributed by atoms with Crippen LogP contribution in [-0.4, -0.2) is 29.4 Å². The van der Waals surface area contributed by atoms with Gasteiger partial charge in [-0.15, -0.1) is 18.9 Å². The van der Waals surface area contributed by atoms with Gasteiger partial charge in [-0.2, -0.15) is 0 Å². The molecule has 2 bridgehead atoms. The van der Waals surface area contributed by atoms with Gasteiger partial charge in [0.1, 0.15) is 0 Å². The van der Waals surface area contributed by atoms with Gasteiger partial charge in [-0.05, 0) is 88.5 Å². The molecule has 0 radical (unpaired) electrons. The number of carbonyl (C=O) groups excluding carboxylic acids is 3. The van der Waals surface area contributed by atoms with Crippen LogP contribution in [0.25, 0.3) is 0 Å². The predicted octanol–water partition coefficient (Wildman–Crippen LogP) is 5.06. The molecule has 5 nitrogen and oxygen atoms in total. The molecule has 0 heterocycles. The molecule has 0 amide bonds. The SMILES string of the molecule is C1CCC([NH2+]C2CCCCC2)CC1.C=CCC1=C([O-])[C@]2(CC=C)CC(=C)C[C@](C(=O)CC(C)C)(C1=O)C2=O. The molecule has 5 heteroatoms.